The minimum Gasteiger partial charge on any atom is -0.481 e. The number of aliphatic imine (C=N–C) groups is 4. The lowest BCUT2D eigenvalue weighted by Gasteiger charge is -2.28. The molecule has 10 atom stereocenters. The number of aliphatic hydroxyl groups is 1. The van der Waals surface area contributed by atoms with Crippen LogP contribution < -0.4 is 111 Å². The molecule has 0 rings (SSSR count). The predicted octanol–water partition coefficient (Wildman–Crippen LogP) is -9.80. The molecular weight excluding hydrogens is 1130 g/mol. The largest absolute Gasteiger partial charge is 0.481 e. The first-order valence-corrected chi connectivity index (χ1v) is 27.9. The van der Waals surface area contributed by atoms with Gasteiger partial charge < -0.3 is 121 Å². The average molecular weight is 1230 g/mol. The second-order valence-electron chi connectivity index (χ2n) is 19.9. The second kappa shape index (κ2) is 42.9. The maximum absolute atomic E-state index is 14.4. The molecule has 0 unspecified atom stereocenters. The fourth-order valence-corrected chi connectivity index (χ4v) is 7.96. The number of carbonyl (C=O) groups is 11. The smallest absolute Gasteiger partial charge is 0.305 e. The van der Waals surface area contributed by atoms with Crippen molar-refractivity contribution < 1.29 is 63.0 Å². The van der Waals surface area contributed by atoms with Crippen LogP contribution in [0, 0.1) is 0 Å². The van der Waals surface area contributed by atoms with Gasteiger partial charge in [0.2, 0.25) is 59.1 Å². The molecule has 0 saturated heterocycles. The van der Waals surface area contributed by atoms with Crippen molar-refractivity contribution in [2.45, 2.75) is 178 Å². The lowest BCUT2D eigenvalue weighted by molar-refractivity contribution is -0.141. The van der Waals surface area contributed by atoms with Crippen LogP contribution in [0.15, 0.2) is 20.0 Å². The number of aliphatic carboxylic acids is 1. The van der Waals surface area contributed by atoms with E-state index in [-0.39, 0.29) is 140 Å². The van der Waals surface area contributed by atoms with Crippen LogP contribution in [0.4, 0.5) is 0 Å². The minimum absolute atomic E-state index is 0.0000976. The van der Waals surface area contributed by atoms with Crippen LogP contribution in [-0.4, -0.2) is 199 Å². The summed E-state index contributed by atoms with van der Waals surface area (Å²) in [7, 11) is 0. The number of carboxylic acids is 1. The summed E-state index contributed by atoms with van der Waals surface area (Å²) in [5, 5.41) is 42.3. The lowest BCUT2D eigenvalue weighted by Crippen LogP contribution is -2.60. The molecule has 86 heavy (non-hydrogen) atoms. The van der Waals surface area contributed by atoms with Crippen molar-refractivity contribution in [3.63, 3.8) is 0 Å². The third-order valence-electron chi connectivity index (χ3n) is 12.4. The molecule has 488 valence electrons. The maximum Gasteiger partial charge on any atom is 0.305 e. The Labute approximate surface area is 498 Å². The molecule has 0 radical (unpaired) electrons. The summed E-state index contributed by atoms with van der Waals surface area (Å²) in [6, 6.07) is -13.4. The van der Waals surface area contributed by atoms with E-state index in [2.05, 4.69) is 67.8 Å². The van der Waals surface area contributed by atoms with E-state index in [0.717, 1.165) is 0 Å². The number of nitrogens with zero attached hydrogens (tertiary/aromatic N) is 4. The summed E-state index contributed by atoms with van der Waals surface area (Å²) in [5.41, 5.74) is 60.4. The van der Waals surface area contributed by atoms with Gasteiger partial charge in [-0.05, 0) is 117 Å². The van der Waals surface area contributed by atoms with Gasteiger partial charge in [-0.15, -0.1) is 0 Å². The third kappa shape index (κ3) is 34.7. The predicted molar refractivity (Wildman–Crippen MR) is 317 cm³/mol. The zero-order valence-corrected chi connectivity index (χ0v) is 49.1. The molecular formula is C49H94N24O13. The Balaban J connectivity index is 7.10. The molecule has 0 aliphatic carbocycles. The molecule has 10 amide bonds. The molecule has 0 bridgehead atoms. The Morgan fingerprint density at radius 3 is 0.919 bits per heavy atom. The van der Waals surface area contributed by atoms with Crippen molar-refractivity contribution in [1.82, 2.24) is 47.9 Å². The number of hydrogen-bond donors (Lipinski definition) is 22. The Morgan fingerprint density at radius 1 is 0.372 bits per heavy atom. The summed E-state index contributed by atoms with van der Waals surface area (Å²) in [5.74, 6) is -12.0. The van der Waals surface area contributed by atoms with E-state index in [4.69, 9.17) is 63.1 Å². The van der Waals surface area contributed by atoms with E-state index in [1.54, 1.807) is 0 Å². The van der Waals surface area contributed by atoms with Gasteiger partial charge in [-0.1, -0.05) is 0 Å². The van der Waals surface area contributed by atoms with E-state index in [1.807, 2.05) is 0 Å². The Morgan fingerprint density at radius 2 is 0.640 bits per heavy atom. The monoisotopic (exact) mass is 1230 g/mol. The van der Waals surface area contributed by atoms with Gasteiger partial charge in [-0.25, -0.2) is 0 Å². The molecule has 0 aliphatic rings. The Hall–Kier alpha value is -8.87. The molecule has 37 heteroatoms. The highest BCUT2D eigenvalue weighted by Crippen LogP contribution is 2.11. The van der Waals surface area contributed by atoms with Gasteiger partial charge in [0.25, 0.3) is 0 Å². The highest BCUT2D eigenvalue weighted by atomic mass is 16.4. The number of hydrogen-bond acceptors (Lipinski definition) is 18. The van der Waals surface area contributed by atoms with Crippen LogP contribution in [0.3, 0.4) is 0 Å². The number of guanidine groups is 4. The van der Waals surface area contributed by atoms with Gasteiger partial charge in [-0.2, -0.15) is 0 Å². The van der Waals surface area contributed by atoms with Gasteiger partial charge in [0.15, 0.2) is 23.8 Å². The van der Waals surface area contributed by atoms with Gasteiger partial charge in [-0.3, -0.25) is 72.7 Å². The highest BCUT2D eigenvalue weighted by Gasteiger charge is 2.36. The molecule has 0 aromatic carbocycles. The normalized spacial score (nSPS) is 14.3. The maximum atomic E-state index is 14.4. The Bertz CT molecular complexity index is 2340. The van der Waals surface area contributed by atoms with Crippen LogP contribution in [0.1, 0.15) is 117 Å². The van der Waals surface area contributed by atoms with Crippen molar-refractivity contribution in [3.8, 4) is 0 Å². The van der Waals surface area contributed by atoms with Gasteiger partial charge in [0.1, 0.15) is 54.4 Å². The molecule has 0 aromatic rings. The standard InChI is InChI=1S/C49H94N24O13/c1-25(65-39(80)28(66-27(3)75)14-8-20-61-46(53)54)38(79)67-31(15-9-21-62-47(55)56)43(84)72-34(24-35(76)77)45(86)71-32(16-10-22-63-48(57)58)42(83)69-29(12-4-6-18-50)40(81)68-30(13-5-7-19-51)41(82)70-33(17-11-23-64-49(59)60)44(85)73-36(26(2)74)37(52)78/h25-26,28-34,36,74H,4-24,50-51H2,1-3H3,(H2,52,78)(H,65,80)(H,66,75)(H,67,79)(H,68,81)(H,69,83)(H,70,82)(H,71,86)(H,72,84)(H,73,85)(H,76,77)(H4,53,54,61)(H4,55,56,62)(H4,57,58,63)(H4,59,60,64)/t25-,26+,28-,29-,30-,31-,32-,33-,34-,36-/m0/s1. The van der Waals surface area contributed by atoms with E-state index in [9.17, 15) is 63.0 Å². The first-order chi connectivity index (χ1) is 40.4. The van der Waals surface area contributed by atoms with E-state index in [1.165, 1.54) is 20.8 Å². The van der Waals surface area contributed by atoms with Crippen molar-refractivity contribution in [2.75, 3.05) is 39.3 Å². The van der Waals surface area contributed by atoms with Crippen molar-refractivity contribution >= 4 is 88.9 Å². The van der Waals surface area contributed by atoms with Crippen LogP contribution in [0.5, 0.6) is 0 Å². The summed E-state index contributed by atoms with van der Waals surface area (Å²) >= 11 is 0. The van der Waals surface area contributed by atoms with Crippen LogP contribution in [-0.2, 0) is 52.7 Å². The molecule has 33 N–H and O–H groups in total. The number of unbranched alkanes of at least 4 members (excludes halogenated alkanes) is 2. The Kier molecular flexibility index (Phi) is 38.4. The number of nitrogens with two attached hydrogens (primary N) is 11. The molecule has 0 heterocycles. The summed E-state index contributed by atoms with van der Waals surface area (Å²) in [4.78, 5) is 163. The van der Waals surface area contributed by atoms with E-state index < -0.39 is 132 Å². The van der Waals surface area contributed by atoms with Crippen LogP contribution in [0.2, 0.25) is 0 Å². The number of nitrogens with one attached hydrogen (secondary N) is 9. The number of carboxylic acid groups (broad SMARTS) is 1. The van der Waals surface area contributed by atoms with E-state index in [0.29, 0.717) is 12.8 Å². The lowest BCUT2D eigenvalue weighted by atomic mass is 10.0. The molecule has 0 fully saturated rings. The number of rotatable bonds is 45. The molecule has 37 nitrogen and oxygen atoms in total. The second-order valence-corrected chi connectivity index (χ2v) is 19.9. The van der Waals surface area contributed by atoms with Crippen LogP contribution >= 0.6 is 0 Å². The van der Waals surface area contributed by atoms with Gasteiger partial charge >= 0.3 is 5.97 Å². The third-order valence-corrected chi connectivity index (χ3v) is 12.4. The quantitative estimate of drug-likeness (QED) is 0.0153. The molecule has 0 aromatic heterocycles. The highest BCUT2D eigenvalue weighted by molar-refractivity contribution is 5.99. The fraction of sp³-hybridized carbons (Fsp3) is 0.694. The molecule has 0 saturated carbocycles. The minimum atomic E-state index is -1.94. The zero-order valence-electron chi connectivity index (χ0n) is 49.1. The van der Waals surface area contributed by atoms with E-state index >= 15 is 0 Å². The number of carbonyl (C=O) groups excluding carboxylic acids is 10. The number of amides is 10. The summed E-state index contributed by atoms with van der Waals surface area (Å²) in [6.07, 6.45) is -1.48. The first kappa shape index (κ1) is 77.1. The average Bonchev–Trinajstić information content (AvgIpc) is 2.89. The van der Waals surface area contributed by atoms with Crippen LogP contribution in [0.25, 0.3) is 0 Å². The first-order valence-electron chi connectivity index (χ1n) is 27.9. The van der Waals surface area contributed by atoms with Crippen molar-refractivity contribution in [3.05, 3.63) is 0 Å². The fourth-order valence-electron chi connectivity index (χ4n) is 7.96. The SMILES string of the molecule is CC(=O)N[C@@H](CCCN=C(N)N)C(=O)N[C@@H](C)C(=O)N[C@@H](CCCN=C(N)N)C(=O)N[C@@H](CC(=O)O)C(=O)N[C@@H](CCCN=C(N)N)C(=O)N[C@@H](CCCCN)C(=O)N[C@@H](CCCCN)C(=O)N[C@@H](CCCN=C(N)N)C(=O)N[C@H](C(N)=O)[C@@H](C)O. The van der Waals surface area contributed by atoms with Crippen molar-refractivity contribution in [2.24, 2.45) is 83.0 Å². The molecule has 0 spiro atoms. The summed E-state index contributed by atoms with van der Waals surface area (Å²) in [6.45, 7) is 4.04. The van der Waals surface area contributed by atoms with Gasteiger partial charge in [0, 0.05) is 33.1 Å². The zero-order chi connectivity index (χ0) is 65.5. The number of aliphatic hydroxyl groups excluding tert-OH is 1. The number of primary amides is 1. The topological polar surface area (TPSA) is 672 Å². The van der Waals surface area contributed by atoms with Crippen molar-refractivity contribution in [1.29, 1.82) is 0 Å². The summed E-state index contributed by atoms with van der Waals surface area (Å²) < 4.78 is 0. The molecule has 0 aliphatic heterocycles. The van der Waals surface area contributed by atoms with Gasteiger partial charge in [0.05, 0.1) is 12.5 Å².